The minimum Gasteiger partial charge on any atom is -0.481 e. The lowest BCUT2D eigenvalue weighted by molar-refractivity contribution is -0.142. The molecule has 2 heterocycles. The summed E-state index contributed by atoms with van der Waals surface area (Å²) in [7, 11) is 0. The number of fused-ring (bicyclic) bond motifs is 1. The van der Waals surface area contributed by atoms with Crippen molar-refractivity contribution in [2.75, 3.05) is 10.6 Å². The summed E-state index contributed by atoms with van der Waals surface area (Å²) in [5.74, 6) is -0.227. The first-order valence-corrected chi connectivity index (χ1v) is 9.69. The number of nitrogens with one attached hydrogen (secondary N) is 2. The van der Waals surface area contributed by atoms with E-state index in [-0.39, 0.29) is 17.0 Å². The molecule has 150 valence electrons. The fraction of sp³-hybridized carbons (Fsp3) is 0.300. The van der Waals surface area contributed by atoms with E-state index in [4.69, 9.17) is 16.7 Å². The molecular formula is C20H19ClFN5O2. The van der Waals surface area contributed by atoms with Gasteiger partial charge < -0.3 is 15.7 Å². The Hall–Kier alpha value is -3.00. The van der Waals surface area contributed by atoms with Gasteiger partial charge in [-0.05, 0) is 43.9 Å². The second kappa shape index (κ2) is 8.16. The van der Waals surface area contributed by atoms with Gasteiger partial charge in [-0.1, -0.05) is 11.6 Å². The molecule has 4 rings (SSSR count). The van der Waals surface area contributed by atoms with Crippen LogP contribution in [0.3, 0.4) is 0 Å². The van der Waals surface area contributed by atoms with Gasteiger partial charge in [0.15, 0.2) is 0 Å². The Morgan fingerprint density at radius 3 is 2.66 bits per heavy atom. The monoisotopic (exact) mass is 415 g/mol. The van der Waals surface area contributed by atoms with Crippen LogP contribution in [0.2, 0.25) is 5.02 Å². The van der Waals surface area contributed by atoms with E-state index in [9.17, 15) is 9.18 Å². The molecule has 0 saturated heterocycles. The van der Waals surface area contributed by atoms with E-state index in [2.05, 4.69) is 25.6 Å². The van der Waals surface area contributed by atoms with Gasteiger partial charge in [0.2, 0.25) is 0 Å². The molecule has 7 nitrogen and oxygen atoms in total. The highest BCUT2D eigenvalue weighted by molar-refractivity contribution is 6.31. The van der Waals surface area contributed by atoms with Crippen molar-refractivity contribution in [3.63, 3.8) is 0 Å². The maximum atomic E-state index is 13.4. The standard InChI is InChI=1S/C20H19ClFN5O2/c21-15-7-13(5-6-16(15)22)27-19-14-9-23-18(8-17(14)24-10-25-19)26-12-3-1-11(2-4-12)20(28)29/h5-12H,1-4H2,(H,23,26)(H,28,29)(H,24,25,27). The fourth-order valence-electron chi connectivity index (χ4n) is 3.54. The van der Waals surface area contributed by atoms with Gasteiger partial charge in [0.05, 0.1) is 21.8 Å². The van der Waals surface area contributed by atoms with Gasteiger partial charge in [-0.15, -0.1) is 0 Å². The third-order valence-corrected chi connectivity index (χ3v) is 5.42. The van der Waals surface area contributed by atoms with Gasteiger partial charge in [0.25, 0.3) is 0 Å². The molecule has 0 bridgehead atoms. The van der Waals surface area contributed by atoms with Gasteiger partial charge in [-0.3, -0.25) is 4.79 Å². The van der Waals surface area contributed by atoms with Crippen LogP contribution < -0.4 is 10.6 Å². The molecule has 1 saturated carbocycles. The molecule has 0 atom stereocenters. The van der Waals surface area contributed by atoms with Crippen molar-refractivity contribution in [1.82, 2.24) is 15.0 Å². The Balaban J connectivity index is 1.50. The van der Waals surface area contributed by atoms with Crippen molar-refractivity contribution < 1.29 is 14.3 Å². The zero-order valence-electron chi connectivity index (χ0n) is 15.4. The summed E-state index contributed by atoms with van der Waals surface area (Å²) in [4.78, 5) is 24.1. The van der Waals surface area contributed by atoms with Crippen LogP contribution in [0.1, 0.15) is 25.7 Å². The zero-order valence-corrected chi connectivity index (χ0v) is 16.2. The molecule has 1 fully saturated rings. The van der Waals surface area contributed by atoms with E-state index >= 15 is 0 Å². The molecule has 2 aromatic heterocycles. The number of anilines is 3. The predicted octanol–water partition coefficient (Wildman–Crippen LogP) is 4.62. The first-order chi connectivity index (χ1) is 14.0. The van der Waals surface area contributed by atoms with E-state index in [0.29, 0.717) is 41.1 Å². The minimum absolute atomic E-state index is 0.0237. The Kier molecular flexibility index (Phi) is 5.44. The average Bonchev–Trinajstić information content (AvgIpc) is 2.71. The molecule has 1 aliphatic rings. The van der Waals surface area contributed by atoms with E-state index in [1.165, 1.54) is 18.5 Å². The predicted molar refractivity (Wildman–Crippen MR) is 109 cm³/mol. The number of aliphatic carboxylic acids is 1. The lowest BCUT2D eigenvalue weighted by Gasteiger charge is -2.27. The maximum Gasteiger partial charge on any atom is 0.306 e. The van der Waals surface area contributed by atoms with Crippen molar-refractivity contribution in [2.24, 2.45) is 5.92 Å². The lowest BCUT2D eigenvalue weighted by atomic mass is 9.86. The van der Waals surface area contributed by atoms with Crippen molar-refractivity contribution in [3.05, 3.63) is 47.6 Å². The van der Waals surface area contributed by atoms with Gasteiger partial charge in [0, 0.05) is 24.0 Å². The van der Waals surface area contributed by atoms with Crippen molar-refractivity contribution in [2.45, 2.75) is 31.7 Å². The Bertz CT molecular complexity index is 1060. The van der Waals surface area contributed by atoms with Gasteiger partial charge in [0.1, 0.15) is 23.8 Å². The third-order valence-electron chi connectivity index (χ3n) is 5.13. The van der Waals surface area contributed by atoms with Gasteiger partial charge in [-0.2, -0.15) is 0 Å². The number of halogens is 2. The van der Waals surface area contributed by atoms with Gasteiger partial charge in [-0.25, -0.2) is 19.3 Å². The van der Waals surface area contributed by atoms with Crippen molar-refractivity contribution in [1.29, 1.82) is 0 Å². The second-order valence-corrected chi connectivity index (χ2v) is 7.50. The molecule has 9 heteroatoms. The van der Waals surface area contributed by atoms with Crippen LogP contribution in [0.15, 0.2) is 36.8 Å². The highest BCUT2D eigenvalue weighted by Crippen LogP contribution is 2.29. The summed E-state index contributed by atoms with van der Waals surface area (Å²) < 4.78 is 13.4. The number of carboxylic acids is 1. The number of pyridine rings is 1. The Morgan fingerprint density at radius 1 is 1.14 bits per heavy atom. The number of benzene rings is 1. The average molecular weight is 416 g/mol. The quantitative estimate of drug-likeness (QED) is 0.559. The molecule has 0 spiro atoms. The van der Waals surface area contributed by atoms with Crippen LogP contribution >= 0.6 is 11.6 Å². The smallest absolute Gasteiger partial charge is 0.306 e. The van der Waals surface area contributed by atoms with Crippen LogP contribution in [-0.4, -0.2) is 32.1 Å². The topological polar surface area (TPSA) is 100 Å². The van der Waals surface area contributed by atoms with Crippen LogP contribution in [0.4, 0.5) is 21.7 Å². The largest absolute Gasteiger partial charge is 0.481 e. The van der Waals surface area contributed by atoms with E-state index in [1.54, 1.807) is 12.3 Å². The van der Waals surface area contributed by atoms with Crippen molar-refractivity contribution in [3.8, 4) is 0 Å². The molecular weight excluding hydrogens is 397 g/mol. The van der Waals surface area contributed by atoms with E-state index < -0.39 is 11.8 Å². The third kappa shape index (κ3) is 4.37. The number of aromatic nitrogens is 3. The summed E-state index contributed by atoms with van der Waals surface area (Å²) >= 11 is 5.84. The van der Waals surface area contributed by atoms with E-state index in [0.717, 1.165) is 12.8 Å². The van der Waals surface area contributed by atoms with Crippen LogP contribution in [-0.2, 0) is 4.79 Å². The summed E-state index contributed by atoms with van der Waals surface area (Å²) in [6.07, 6.45) is 6.02. The molecule has 29 heavy (non-hydrogen) atoms. The molecule has 0 radical (unpaired) electrons. The molecule has 0 unspecified atom stereocenters. The fourth-order valence-corrected chi connectivity index (χ4v) is 3.72. The molecule has 1 aromatic carbocycles. The highest BCUT2D eigenvalue weighted by Gasteiger charge is 2.26. The molecule has 0 aliphatic heterocycles. The van der Waals surface area contributed by atoms with E-state index in [1.807, 2.05) is 6.07 Å². The summed E-state index contributed by atoms with van der Waals surface area (Å²) in [5, 5.41) is 16.3. The minimum atomic E-state index is -0.716. The molecule has 0 amide bonds. The molecule has 1 aliphatic carbocycles. The number of carboxylic acid groups (broad SMARTS) is 1. The number of nitrogens with zero attached hydrogens (tertiary/aromatic N) is 3. The Morgan fingerprint density at radius 2 is 1.93 bits per heavy atom. The first kappa shape index (κ1) is 19.3. The first-order valence-electron chi connectivity index (χ1n) is 9.32. The molecule has 3 aromatic rings. The Labute approximate surface area is 171 Å². The number of carbonyl (C=O) groups is 1. The second-order valence-electron chi connectivity index (χ2n) is 7.09. The van der Waals surface area contributed by atoms with Gasteiger partial charge >= 0.3 is 5.97 Å². The van der Waals surface area contributed by atoms with Crippen LogP contribution in [0.25, 0.3) is 10.9 Å². The lowest BCUT2D eigenvalue weighted by Crippen LogP contribution is -2.29. The zero-order chi connectivity index (χ0) is 20.4. The van der Waals surface area contributed by atoms with Crippen LogP contribution in [0, 0.1) is 11.7 Å². The summed E-state index contributed by atoms with van der Waals surface area (Å²) in [5.41, 5.74) is 1.31. The highest BCUT2D eigenvalue weighted by atomic mass is 35.5. The number of rotatable bonds is 5. The number of hydrogen-bond acceptors (Lipinski definition) is 6. The normalized spacial score (nSPS) is 19.1. The summed E-state index contributed by atoms with van der Waals surface area (Å²) in [6, 6.07) is 6.38. The van der Waals surface area contributed by atoms with Crippen LogP contribution in [0.5, 0.6) is 0 Å². The number of hydrogen-bond donors (Lipinski definition) is 3. The maximum absolute atomic E-state index is 13.4. The summed E-state index contributed by atoms with van der Waals surface area (Å²) in [6.45, 7) is 0. The SMILES string of the molecule is O=C(O)C1CCC(Nc2cc3ncnc(Nc4ccc(F)c(Cl)c4)c3cn2)CC1. The molecule has 3 N–H and O–H groups in total. The van der Waals surface area contributed by atoms with Crippen molar-refractivity contribution >= 4 is 45.8 Å².